The van der Waals surface area contributed by atoms with Gasteiger partial charge in [-0.1, -0.05) is 11.6 Å². The molecule has 0 bridgehead atoms. The molecule has 0 saturated heterocycles. The first-order valence-electron chi connectivity index (χ1n) is 5.49. The van der Waals surface area contributed by atoms with Crippen LogP contribution in [0.4, 0.5) is 11.5 Å². The molecule has 0 spiro atoms. The van der Waals surface area contributed by atoms with Gasteiger partial charge in [-0.3, -0.25) is 9.40 Å². The molecule has 1 aromatic carbocycles. The van der Waals surface area contributed by atoms with Crippen molar-refractivity contribution in [3.8, 4) is 0 Å². The van der Waals surface area contributed by atoms with Crippen molar-refractivity contribution in [3.05, 3.63) is 33.4 Å². The average Bonchev–Trinajstić information content (AvgIpc) is 2.58. The molecule has 0 atom stereocenters. The monoisotopic (exact) mass is 378 g/mol. The van der Waals surface area contributed by atoms with Gasteiger partial charge in [0.15, 0.2) is 10.7 Å². The smallest absolute Gasteiger partial charge is 0.267 e. The van der Waals surface area contributed by atoms with Crippen LogP contribution < -0.4 is 10.5 Å². The van der Waals surface area contributed by atoms with Crippen molar-refractivity contribution in [1.29, 1.82) is 0 Å². The van der Waals surface area contributed by atoms with Gasteiger partial charge in [0.1, 0.15) is 0 Å². The molecule has 2 rings (SSSR count). The highest BCUT2D eigenvalue weighted by molar-refractivity contribution is 9.10. The number of hydrogen-bond donors (Lipinski definition) is 2. The molecule has 0 saturated carbocycles. The predicted molar refractivity (Wildman–Crippen MR) is 82.3 cm³/mol. The van der Waals surface area contributed by atoms with Gasteiger partial charge in [0.2, 0.25) is 0 Å². The summed E-state index contributed by atoms with van der Waals surface area (Å²) in [5, 5.41) is 4.30. The zero-order chi connectivity index (χ0) is 15.1. The van der Waals surface area contributed by atoms with Gasteiger partial charge in [0, 0.05) is 11.5 Å². The minimum atomic E-state index is -3.82. The van der Waals surface area contributed by atoms with Gasteiger partial charge in [-0.2, -0.15) is 5.10 Å². The molecule has 1 aromatic heterocycles. The van der Waals surface area contributed by atoms with E-state index in [1.807, 2.05) is 0 Å². The third-order valence-corrected chi connectivity index (χ3v) is 5.52. The molecular formula is C11H12BrClN4O2S. The predicted octanol–water partition coefficient (Wildman–Crippen LogP) is 2.53. The second kappa shape index (κ2) is 5.27. The molecule has 0 aliphatic carbocycles. The number of hydrogen-bond acceptors (Lipinski definition) is 4. The maximum atomic E-state index is 12.4. The largest absolute Gasteiger partial charge is 0.381 e. The molecule has 0 fully saturated rings. The van der Waals surface area contributed by atoms with Gasteiger partial charge in [-0.05, 0) is 41.1 Å². The van der Waals surface area contributed by atoms with Gasteiger partial charge in [-0.25, -0.2) is 8.42 Å². The van der Waals surface area contributed by atoms with Gasteiger partial charge < -0.3 is 5.73 Å². The van der Waals surface area contributed by atoms with E-state index in [0.29, 0.717) is 20.9 Å². The number of anilines is 2. The molecule has 2 aromatic rings. The Hall–Kier alpha value is -1.25. The van der Waals surface area contributed by atoms with Gasteiger partial charge in [0.25, 0.3) is 10.0 Å². The van der Waals surface area contributed by atoms with Crippen LogP contribution in [0.25, 0.3) is 0 Å². The minimum absolute atomic E-state index is 0.0287. The number of nitrogen functional groups attached to an aromatic ring is 1. The second-order valence-electron chi connectivity index (χ2n) is 4.16. The summed E-state index contributed by atoms with van der Waals surface area (Å²) < 4.78 is 29.2. The molecule has 20 heavy (non-hydrogen) atoms. The zero-order valence-corrected chi connectivity index (χ0v) is 13.8. The van der Waals surface area contributed by atoms with Crippen molar-refractivity contribution in [3.63, 3.8) is 0 Å². The number of nitrogens with two attached hydrogens (primary N) is 1. The van der Waals surface area contributed by atoms with Crippen molar-refractivity contribution in [1.82, 2.24) is 9.78 Å². The van der Waals surface area contributed by atoms with E-state index in [4.69, 9.17) is 17.3 Å². The van der Waals surface area contributed by atoms with Crippen molar-refractivity contribution in [2.24, 2.45) is 7.05 Å². The van der Waals surface area contributed by atoms with E-state index in [-0.39, 0.29) is 10.7 Å². The number of nitrogens with one attached hydrogen (secondary N) is 1. The van der Waals surface area contributed by atoms with Crippen molar-refractivity contribution >= 4 is 49.1 Å². The Kier molecular flexibility index (Phi) is 3.99. The van der Waals surface area contributed by atoms with Crippen LogP contribution in [-0.2, 0) is 17.1 Å². The standard InChI is InChI=1S/C11H12BrClN4O2S/c1-6-10(11(14)15-17(6)2)20(18,19)16-7-3-4-8(12)9(13)5-7/h3-5,16H,1-2H3,(H2,14,15). The SMILES string of the molecule is Cc1c(S(=O)(=O)Nc2ccc(Br)c(Cl)c2)c(N)nn1C. The van der Waals surface area contributed by atoms with E-state index in [1.165, 1.54) is 10.7 Å². The number of nitrogens with zero attached hydrogens (tertiary/aromatic N) is 2. The molecule has 0 unspecified atom stereocenters. The maximum absolute atomic E-state index is 12.4. The Balaban J connectivity index is 2.43. The van der Waals surface area contributed by atoms with Crippen LogP contribution in [0.15, 0.2) is 27.6 Å². The molecule has 0 aliphatic heterocycles. The molecule has 9 heteroatoms. The van der Waals surface area contributed by atoms with Crippen molar-refractivity contribution < 1.29 is 8.42 Å². The molecule has 0 aliphatic rings. The summed E-state index contributed by atoms with van der Waals surface area (Å²) in [4.78, 5) is -0.0287. The average molecular weight is 380 g/mol. The summed E-state index contributed by atoms with van der Waals surface area (Å²) in [7, 11) is -2.19. The Morgan fingerprint density at radius 2 is 2.10 bits per heavy atom. The van der Waals surface area contributed by atoms with Crippen LogP contribution in [0.5, 0.6) is 0 Å². The summed E-state index contributed by atoms with van der Waals surface area (Å²) in [5.74, 6) is -0.0410. The van der Waals surface area contributed by atoms with Gasteiger partial charge in [-0.15, -0.1) is 0 Å². The maximum Gasteiger partial charge on any atom is 0.267 e. The fourth-order valence-corrected chi connectivity index (χ4v) is 3.52. The van der Waals surface area contributed by atoms with Crippen LogP contribution in [0.1, 0.15) is 5.69 Å². The van der Waals surface area contributed by atoms with E-state index < -0.39 is 10.0 Å². The fourth-order valence-electron chi connectivity index (χ4n) is 1.71. The van der Waals surface area contributed by atoms with Crippen LogP contribution in [0, 0.1) is 6.92 Å². The first-order valence-corrected chi connectivity index (χ1v) is 8.14. The minimum Gasteiger partial charge on any atom is -0.381 e. The van der Waals surface area contributed by atoms with E-state index in [1.54, 1.807) is 26.1 Å². The second-order valence-corrected chi connectivity index (χ2v) is 7.04. The first kappa shape index (κ1) is 15.1. The first-order chi connectivity index (χ1) is 9.22. The van der Waals surface area contributed by atoms with E-state index in [9.17, 15) is 8.42 Å². The van der Waals surface area contributed by atoms with Gasteiger partial charge >= 0.3 is 0 Å². The molecular weight excluding hydrogens is 368 g/mol. The Morgan fingerprint density at radius 1 is 1.45 bits per heavy atom. The van der Waals surface area contributed by atoms with Crippen LogP contribution in [0.3, 0.4) is 0 Å². The highest BCUT2D eigenvalue weighted by Crippen LogP contribution is 2.28. The van der Waals surface area contributed by atoms with E-state index >= 15 is 0 Å². The Morgan fingerprint density at radius 3 is 2.60 bits per heavy atom. The molecule has 3 N–H and O–H groups in total. The highest BCUT2D eigenvalue weighted by Gasteiger charge is 2.24. The molecule has 1 heterocycles. The summed E-state index contributed by atoms with van der Waals surface area (Å²) in [6.07, 6.45) is 0. The van der Waals surface area contributed by atoms with Crippen molar-refractivity contribution in [2.45, 2.75) is 11.8 Å². The third kappa shape index (κ3) is 2.77. The summed E-state index contributed by atoms with van der Waals surface area (Å²) in [5.41, 5.74) is 6.46. The van der Waals surface area contributed by atoms with Crippen LogP contribution in [0.2, 0.25) is 5.02 Å². The number of benzene rings is 1. The van der Waals surface area contributed by atoms with E-state index in [2.05, 4.69) is 25.8 Å². The number of aromatic nitrogens is 2. The molecule has 6 nitrogen and oxygen atoms in total. The fraction of sp³-hybridized carbons (Fsp3) is 0.182. The normalized spacial score (nSPS) is 11.6. The number of rotatable bonds is 3. The zero-order valence-electron chi connectivity index (χ0n) is 10.7. The van der Waals surface area contributed by atoms with E-state index in [0.717, 1.165) is 0 Å². The Labute approximate surface area is 130 Å². The summed E-state index contributed by atoms with van der Waals surface area (Å²) in [6, 6.07) is 4.75. The lowest BCUT2D eigenvalue weighted by Gasteiger charge is -2.09. The lowest BCUT2D eigenvalue weighted by atomic mass is 10.3. The lowest BCUT2D eigenvalue weighted by Crippen LogP contribution is -2.15. The lowest BCUT2D eigenvalue weighted by molar-refractivity contribution is 0.600. The topological polar surface area (TPSA) is 90.0 Å². The number of sulfonamides is 1. The number of aryl methyl sites for hydroxylation is 1. The third-order valence-electron chi connectivity index (χ3n) is 2.74. The van der Waals surface area contributed by atoms with Gasteiger partial charge in [0.05, 0.1) is 16.4 Å². The molecule has 0 amide bonds. The molecule has 108 valence electrons. The Bertz CT molecular complexity index is 773. The molecule has 0 radical (unpaired) electrons. The number of halogens is 2. The van der Waals surface area contributed by atoms with Crippen molar-refractivity contribution in [2.75, 3.05) is 10.5 Å². The van der Waals surface area contributed by atoms with Crippen LogP contribution in [-0.4, -0.2) is 18.2 Å². The van der Waals surface area contributed by atoms with Crippen LogP contribution >= 0.6 is 27.5 Å². The quantitative estimate of drug-likeness (QED) is 0.857. The highest BCUT2D eigenvalue weighted by atomic mass is 79.9. The summed E-state index contributed by atoms with van der Waals surface area (Å²) in [6.45, 7) is 1.63. The summed E-state index contributed by atoms with van der Waals surface area (Å²) >= 11 is 9.17.